The first-order valence-electron chi connectivity index (χ1n) is 7.90. The van der Waals surface area contributed by atoms with Gasteiger partial charge >= 0.3 is 0 Å². The molecule has 1 aromatic heterocycles. The van der Waals surface area contributed by atoms with Crippen LogP contribution in [0.1, 0.15) is 16.8 Å². The summed E-state index contributed by atoms with van der Waals surface area (Å²) in [6.07, 6.45) is 2.46. The van der Waals surface area contributed by atoms with E-state index in [2.05, 4.69) is 15.6 Å². The lowest BCUT2D eigenvalue weighted by atomic mass is 10.2. The molecule has 0 unspecified atom stereocenters. The molecule has 2 aromatic rings. The van der Waals surface area contributed by atoms with Crippen molar-refractivity contribution in [1.29, 1.82) is 0 Å². The number of anilines is 2. The fraction of sp³-hybridized carbons (Fsp3) is 0.333. The van der Waals surface area contributed by atoms with Crippen LogP contribution in [0.4, 0.5) is 11.5 Å². The molecule has 25 heavy (non-hydrogen) atoms. The highest BCUT2D eigenvalue weighted by Gasteiger charge is 2.10. The van der Waals surface area contributed by atoms with Gasteiger partial charge in [0.1, 0.15) is 5.82 Å². The van der Waals surface area contributed by atoms with E-state index in [4.69, 9.17) is 14.2 Å². The van der Waals surface area contributed by atoms with Gasteiger partial charge in [0.15, 0.2) is 11.5 Å². The smallest absolute Gasteiger partial charge is 0.255 e. The second-order valence-electron chi connectivity index (χ2n) is 5.23. The number of benzene rings is 1. The fourth-order valence-corrected chi connectivity index (χ4v) is 2.22. The average molecular weight is 345 g/mol. The number of hydrogen-bond acceptors (Lipinski definition) is 6. The predicted molar refractivity (Wildman–Crippen MR) is 96.7 cm³/mol. The van der Waals surface area contributed by atoms with Gasteiger partial charge in [0.2, 0.25) is 0 Å². The number of ether oxygens (including phenoxy) is 3. The molecular weight excluding hydrogens is 322 g/mol. The van der Waals surface area contributed by atoms with Crippen LogP contribution < -0.4 is 20.1 Å². The maximum Gasteiger partial charge on any atom is 0.255 e. The summed E-state index contributed by atoms with van der Waals surface area (Å²) in [5.41, 5.74) is 1.13. The molecule has 0 atom stereocenters. The number of pyridine rings is 1. The number of rotatable bonds is 9. The summed E-state index contributed by atoms with van der Waals surface area (Å²) < 4.78 is 15.4. The first kappa shape index (κ1) is 18.5. The van der Waals surface area contributed by atoms with Crippen LogP contribution >= 0.6 is 0 Å². The lowest BCUT2D eigenvalue weighted by molar-refractivity contribution is 0.102. The van der Waals surface area contributed by atoms with Crippen LogP contribution in [0.2, 0.25) is 0 Å². The highest BCUT2D eigenvalue weighted by atomic mass is 16.5. The molecule has 0 aliphatic carbocycles. The zero-order chi connectivity index (χ0) is 18.1. The van der Waals surface area contributed by atoms with Crippen LogP contribution in [0.5, 0.6) is 11.5 Å². The van der Waals surface area contributed by atoms with Crippen LogP contribution in [0.3, 0.4) is 0 Å². The molecule has 7 nitrogen and oxygen atoms in total. The van der Waals surface area contributed by atoms with Crippen LogP contribution in [-0.2, 0) is 4.74 Å². The SMILES string of the molecule is COCCCNc1cc(C(=O)Nc2ccc(OC)c(OC)c2)ccn1. The van der Waals surface area contributed by atoms with Crippen molar-refractivity contribution in [2.75, 3.05) is 45.1 Å². The van der Waals surface area contributed by atoms with Crippen LogP contribution in [0.25, 0.3) is 0 Å². The van der Waals surface area contributed by atoms with Gasteiger partial charge in [-0.25, -0.2) is 4.98 Å². The minimum atomic E-state index is -0.227. The van der Waals surface area contributed by atoms with Crippen molar-refractivity contribution in [3.63, 3.8) is 0 Å². The standard InChI is InChI=1S/C18H23N3O4/c1-23-10-4-8-19-17-11-13(7-9-20-17)18(22)21-14-5-6-15(24-2)16(12-14)25-3/h5-7,9,11-12H,4,8,10H2,1-3H3,(H,19,20)(H,21,22). The Morgan fingerprint density at radius 2 is 1.88 bits per heavy atom. The van der Waals surface area contributed by atoms with Crippen molar-refractivity contribution in [3.8, 4) is 11.5 Å². The Labute approximate surface area is 147 Å². The molecule has 2 N–H and O–H groups in total. The third-order valence-electron chi connectivity index (χ3n) is 3.49. The molecule has 2 rings (SSSR count). The number of nitrogens with zero attached hydrogens (tertiary/aromatic N) is 1. The van der Waals surface area contributed by atoms with Gasteiger partial charge in [-0.2, -0.15) is 0 Å². The molecule has 0 radical (unpaired) electrons. The number of methoxy groups -OCH3 is 3. The molecule has 134 valence electrons. The van der Waals surface area contributed by atoms with Crippen LogP contribution in [0, 0.1) is 0 Å². The molecule has 0 saturated carbocycles. The summed E-state index contributed by atoms with van der Waals surface area (Å²) >= 11 is 0. The Bertz CT molecular complexity index is 706. The number of amides is 1. The Kier molecular flexibility index (Phi) is 7.03. The molecule has 0 spiro atoms. The summed E-state index contributed by atoms with van der Waals surface area (Å²) in [6, 6.07) is 8.58. The average Bonchev–Trinajstić information content (AvgIpc) is 2.65. The van der Waals surface area contributed by atoms with Crippen molar-refractivity contribution < 1.29 is 19.0 Å². The van der Waals surface area contributed by atoms with Gasteiger partial charge in [0, 0.05) is 43.8 Å². The number of aromatic nitrogens is 1. The maximum absolute atomic E-state index is 12.4. The molecular formula is C18H23N3O4. The summed E-state index contributed by atoms with van der Waals surface area (Å²) in [6.45, 7) is 1.40. The van der Waals surface area contributed by atoms with Crippen molar-refractivity contribution in [2.45, 2.75) is 6.42 Å². The third-order valence-corrected chi connectivity index (χ3v) is 3.49. The lowest BCUT2D eigenvalue weighted by Gasteiger charge is -2.11. The molecule has 1 heterocycles. The molecule has 1 aromatic carbocycles. The molecule has 1 amide bonds. The summed E-state index contributed by atoms with van der Waals surface area (Å²) in [5.74, 6) is 1.58. The minimum absolute atomic E-state index is 0.227. The number of hydrogen-bond donors (Lipinski definition) is 2. The van der Waals surface area contributed by atoms with Crippen LogP contribution in [-0.4, -0.2) is 45.4 Å². The first-order valence-corrected chi connectivity index (χ1v) is 7.90. The van der Waals surface area contributed by atoms with E-state index in [-0.39, 0.29) is 5.91 Å². The van der Waals surface area contributed by atoms with Crippen molar-refractivity contribution in [3.05, 3.63) is 42.1 Å². The van der Waals surface area contributed by atoms with E-state index in [0.29, 0.717) is 35.2 Å². The van der Waals surface area contributed by atoms with Crippen molar-refractivity contribution in [2.24, 2.45) is 0 Å². The van der Waals surface area contributed by atoms with E-state index in [1.165, 1.54) is 0 Å². The van der Waals surface area contributed by atoms with E-state index in [1.54, 1.807) is 57.9 Å². The minimum Gasteiger partial charge on any atom is -0.493 e. The molecule has 7 heteroatoms. The molecule has 0 aliphatic rings. The summed E-state index contributed by atoms with van der Waals surface area (Å²) in [4.78, 5) is 16.6. The first-order chi connectivity index (χ1) is 12.2. The maximum atomic E-state index is 12.4. The number of carbonyl (C=O) groups is 1. The largest absolute Gasteiger partial charge is 0.493 e. The van der Waals surface area contributed by atoms with Crippen molar-refractivity contribution in [1.82, 2.24) is 4.98 Å². The normalized spacial score (nSPS) is 10.2. The van der Waals surface area contributed by atoms with Crippen LogP contribution in [0.15, 0.2) is 36.5 Å². The van der Waals surface area contributed by atoms with Crippen molar-refractivity contribution >= 4 is 17.4 Å². The van der Waals surface area contributed by atoms with E-state index < -0.39 is 0 Å². The second kappa shape index (κ2) is 9.48. The van der Waals surface area contributed by atoms with Gasteiger partial charge < -0.3 is 24.8 Å². The Balaban J connectivity index is 2.03. The molecule has 0 saturated heterocycles. The van der Waals surface area contributed by atoms with Gasteiger partial charge in [0.25, 0.3) is 5.91 Å². The topological polar surface area (TPSA) is 81.7 Å². The lowest BCUT2D eigenvalue weighted by Crippen LogP contribution is -2.13. The zero-order valence-corrected chi connectivity index (χ0v) is 14.7. The molecule has 0 fully saturated rings. The monoisotopic (exact) mass is 345 g/mol. The van der Waals surface area contributed by atoms with Gasteiger partial charge in [0.05, 0.1) is 14.2 Å². The number of nitrogens with one attached hydrogen (secondary N) is 2. The van der Waals surface area contributed by atoms with E-state index >= 15 is 0 Å². The Morgan fingerprint density at radius 1 is 1.08 bits per heavy atom. The van der Waals surface area contributed by atoms with Gasteiger partial charge in [-0.05, 0) is 30.7 Å². The summed E-state index contributed by atoms with van der Waals surface area (Å²) in [5, 5.41) is 6.00. The quantitative estimate of drug-likeness (QED) is 0.680. The van der Waals surface area contributed by atoms with E-state index in [9.17, 15) is 4.79 Å². The van der Waals surface area contributed by atoms with Gasteiger partial charge in [-0.1, -0.05) is 0 Å². The fourth-order valence-electron chi connectivity index (χ4n) is 2.22. The highest BCUT2D eigenvalue weighted by Crippen LogP contribution is 2.29. The Hall–Kier alpha value is -2.80. The van der Waals surface area contributed by atoms with Gasteiger partial charge in [-0.15, -0.1) is 0 Å². The van der Waals surface area contributed by atoms with Gasteiger partial charge in [-0.3, -0.25) is 4.79 Å². The predicted octanol–water partition coefficient (Wildman–Crippen LogP) is 2.80. The molecule has 0 bridgehead atoms. The number of carbonyl (C=O) groups excluding carboxylic acids is 1. The Morgan fingerprint density at radius 3 is 2.60 bits per heavy atom. The second-order valence-corrected chi connectivity index (χ2v) is 5.23. The summed E-state index contributed by atoms with van der Waals surface area (Å²) in [7, 11) is 4.78. The zero-order valence-electron chi connectivity index (χ0n) is 14.7. The van der Waals surface area contributed by atoms with E-state index in [0.717, 1.165) is 13.0 Å². The van der Waals surface area contributed by atoms with E-state index in [1.807, 2.05) is 0 Å². The molecule has 0 aliphatic heterocycles. The highest BCUT2D eigenvalue weighted by molar-refractivity contribution is 6.04. The third kappa shape index (κ3) is 5.36.